The summed E-state index contributed by atoms with van der Waals surface area (Å²) < 4.78 is 0. The SMILES string of the molecule is CCC1CCCCN1Cc1ccc(NN)c([N+](=O)[O-])c1. The molecule has 3 N–H and O–H groups in total. The van der Waals surface area contributed by atoms with Gasteiger partial charge < -0.3 is 5.43 Å². The Balaban J connectivity index is 2.16. The number of nitrogens with two attached hydrogens (primary N) is 1. The maximum Gasteiger partial charge on any atom is 0.293 e. The van der Waals surface area contributed by atoms with E-state index in [1.165, 1.54) is 19.3 Å². The summed E-state index contributed by atoms with van der Waals surface area (Å²) in [5.74, 6) is 5.30. The Morgan fingerprint density at radius 3 is 2.95 bits per heavy atom. The van der Waals surface area contributed by atoms with Crippen molar-refractivity contribution < 1.29 is 4.92 Å². The fourth-order valence-corrected chi connectivity index (χ4v) is 2.91. The molecule has 0 bridgehead atoms. The van der Waals surface area contributed by atoms with Gasteiger partial charge in [0.1, 0.15) is 5.69 Å². The number of hydrogen-bond donors (Lipinski definition) is 2. The number of nitro groups is 1. The number of nitrogens with one attached hydrogen (secondary N) is 1. The van der Waals surface area contributed by atoms with Crippen molar-refractivity contribution in [1.82, 2.24) is 4.90 Å². The summed E-state index contributed by atoms with van der Waals surface area (Å²) in [5.41, 5.74) is 3.73. The molecule has 1 atom stereocenters. The van der Waals surface area contributed by atoms with Crippen molar-refractivity contribution in [2.45, 2.75) is 45.2 Å². The lowest BCUT2D eigenvalue weighted by molar-refractivity contribution is -0.384. The Bertz CT molecular complexity index is 478. The van der Waals surface area contributed by atoms with Crippen molar-refractivity contribution in [2.75, 3.05) is 12.0 Å². The van der Waals surface area contributed by atoms with Crippen molar-refractivity contribution in [3.63, 3.8) is 0 Å². The van der Waals surface area contributed by atoms with Crippen LogP contribution in [0, 0.1) is 10.1 Å². The van der Waals surface area contributed by atoms with Crippen molar-refractivity contribution in [3.05, 3.63) is 33.9 Å². The maximum absolute atomic E-state index is 11.0. The number of anilines is 1. The fourth-order valence-electron chi connectivity index (χ4n) is 2.91. The van der Waals surface area contributed by atoms with E-state index in [9.17, 15) is 10.1 Å². The van der Waals surface area contributed by atoms with Gasteiger partial charge in [-0.2, -0.15) is 0 Å². The number of nitrogens with zero attached hydrogens (tertiary/aromatic N) is 2. The van der Waals surface area contributed by atoms with Crippen molar-refractivity contribution in [2.24, 2.45) is 5.84 Å². The minimum atomic E-state index is -0.397. The lowest BCUT2D eigenvalue weighted by Crippen LogP contribution is -2.38. The number of nitrogen functional groups attached to an aromatic ring is 1. The molecule has 110 valence electrons. The zero-order chi connectivity index (χ0) is 14.5. The summed E-state index contributed by atoms with van der Waals surface area (Å²) in [7, 11) is 0. The molecular weight excluding hydrogens is 256 g/mol. The van der Waals surface area contributed by atoms with Crippen molar-refractivity contribution in [3.8, 4) is 0 Å². The smallest absolute Gasteiger partial charge is 0.293 e. The number of rotatable bonds is 5. The van der Waals surface area contributed by atoms with E-state index in [-0.39, 0.29) is 5.69 Å². The van der Waals surface area contributed by atoms with Crippen molar-refractivity contribution >= 4 is 11.4 Å². The highest BCUT2D eigenvalue weighted by molar-refractivity contribution is 5.61. The largest absolute Gasteiger partial charge is 0.318 e. The molecule has 1 aliphatic rings. The Hall–Kier alpha value is -1.66. The highest BCUT2D eigenvalue weighted by atomic mass is 16.6. The number of piperidine rings is 1. The van der Waals surface area contributed by atoms with Gasteiger partial charge in [-0.05, 0) is 37.4 Å². The van der Waals surface area contributed by atoms with Gasteiger partial charge in [-0.15, -0.1) is 0 Å². The molecule has 0 spiro atoms. The Morgan fingerprint density at radius 2 is 2.30 bits per heavy atom. The predicted molar refractivity (Wildman–Crippen MR) is 79.2 cm³/mol. The van der Waals surface area contributed by atoms with Crippen LogP contribution >= 0.6 is 0 Å². The fraction of sp³-hybridized carbons (Fsp3) is 0.571. The van der Waals surface area contributed by atoms with Gasteiger partial charge in [0.25, 0.3) is 5.69 Å². The molecule has 0 amide bonds. The summed E-state index contributed by atoms with van der Waals surface area (Å²) in [6.07, 6.45) is 4.85. The second-order valence-corrected chi connectivity index (χ2v) is 5.28. The van der Waals surface area contributed by atoms with Crippen LogP contribution < -0.4 is 11.3 Å². The summed E-state index contributed by atoms with van der Waals surface area (Å²) in [4.78, 5) is 13.1. The van der Waals surface area contributed by atoms with Crippen LogP contribution in [-0.4, -0.2) is 22.4 Å². The highest BCUT2D eigenvalue weighted by Crippen LogP contribution is 2.27. The van der Waals surface area contributed by atoms with Crippen LogP contribution in [0.4, 0.5) is 11.4 Å². The van der Waals surface area contributed by atoms with Crippen LogP contribution in [0.5, 0.6) is 0 Å². The van der Waals surface area contributed by atoms with E-state index < -0.39 is 4.92 Å². The number of hydrogen-bond acceptors (Lipinski definition) is 5. The van der Waals surface area contributed by atoms with Crippen LogP contribution in [0.3, 0.4) is 0 Å². The Morgan fingerprint density at radius 1 is 1.50 bits per heavy atom. The van der Waals surface area contributed by atoms with Gasteiger partial charge in [0, 0.05) is 18.7 Å². The first-order valence-electron chi connectivity index (χ1n) is 7.13. The van der Waals surface area contributed by atoms with Crippen molar-refractivity contribution in [1.29, 1.82) is 0 Å². The summed E-state index contributed by atoms with van der Waals surface area (Å²) in [6.45, 7) is 4.04. The maximum atomic E-state index is 11.0. The standard InChI is InChI=1S/C14H22N4O2/c1-2-12-5-3-4-8-17(12)10-11-6-7-13(16-15)14(9-11)18(19)20/h6-7,9,12,16H,2-5,8,10,15H2,1H3. The van der Waals surface area contributed by atoms with Crippen LogP contribution in [-0.2, 0) is 6.54 Å². The average molecular weight is 278 g/mol. The normalized spacial score (nSPS) is 19.8. The van der Waals surface area contributed by atoms with E-state index in [1.54, 1.807) is 12.1 Å². The number of likely N-dealkylation sites (tertiary alicyclic amines) is 1. The molecular formula is C14H22N4O2. The van der Waals surface area contributed by atoms with Gasteiger partial charge in [-0.1, -0.05) is 19.4 Å². The third-order valence-electron chi connectivity index (χ3n) is 4.02. The molecule has 0 aliphatic carbocycles. The third-order valence-corrected chi connectivity index (χ3v) is 4.02. The second-order valence-electron chi connectivity index (χ2n) is 5.28. The highest BCUT2D eigenvalue weighted by Gasteiger charge is 2.22. The number of benzene rings is 1. The van der Waals surface area contributed by atoms with Gasteiger partial charge in [0.15, 0.2) is 0 Å². The summed E-state index contributed by atoms with van der Waals surface area (Å²) >= 11 is 0. The minimum absolute atomic E-state index is 0.0371. The first kappa shape index (κ1) is 14.7. The van der Waals surface area contributed by atoms with E-state index in [1.807, 2.05) is 6.07 Å². The Labute approximate surface area is 119 Å². The zero-order valence-electron chi connectivity index (χ0n) is 11.8. The molecule has 1 aromatic carbocycles. The van der Waals surface area contributed by atoms with E-state index in [0.717, 1.165) is 25.1 Å². The number of nitro benzene ring substituents is 1. The quantitative estimate of drug-likeness (QED) is 0.491. The minimum Gasteiger partial charge on any atom is -0.318 e. The molecule has 1 unspecified atom stereocenters. The van der Waals surface area contributed by atoms with Crippen LogP contribution in [0.15, 0.2) is 18.2 Å². The van der Waals surface area contributed by atoms with Gasteiger partial charge in [-0.3, -0.25) is 20.9 Å². The molecule has 1 saturated heterocycles. The van der Waals surface area contributed by atoms with Crippen LogP contribution in [0.25, 0.3) is 0 Å². The Kier molecular flexibility index (Phi) is 4.92. The monoisotopic (exact) mass is 278 g/mol. The molecule has 1 aliphatic heterocycles. The molecule has 0 saturated carbocycles. The van der Waals surface area contributed by atoms with Gasteiger partial charge >= 0.3 is 0 Å². The molecule has 20 heavy (non-hydrogen) atoms. The average Bonchev–Trinajstić information content (AvgIpc) is 2.47. The molecule has 0 radical (unpaired) electrons. The van der Waals surface area contributed by atoms with Crippen LogP contribution in [0.1, 0.15) is 38.2 Å². The topological polar surface area (TPSA) is 84.4 Å². The van der Waals surface area contributed by atoms with E-state index in [2.05, 4.69) is 17.2 Å². The van der Waals surface area contributed by atoms with E-state index >= 15 is 0 Å². The first-order chi connectivity index (χ1) is 9.65. The molecule has 6 heteroatoms. The van der Waals surface area contributed by atoms with Gasteiger partial charge in [0.05, 0.1) is 4.92 Å². The van der Waals surface area contributed by atoms with Gasteiger partial charge in [0.2, 0.25) is 0 Å². The molecule has 6 nitrogen and oxygen atoms in total. The molecule has 1 heterocycles. The predicted octanol–water partition coefficient (Wildman–Crippen LogP) is 2.64. The first-order valence-corrected chi connectivity index (χ1v) is 7.13. The third kappa shape index (κ3) is 3.26. The van der Waals surface area contributed by atoms with Crippen LogP contribution in [0.2, 0.25) is 0 Å². The molecule has 1 aromatic rings. The molecule has 2 rings (SSSR count). The summed E-state index contributed by atoms with van der Waals surface area (Å²) in [5, 5.41) is 11.0. The number of hydrazine groups is 1. The summed E-state index contributed by atoms with van der Waals surface area (Å²) in [6, 6.07) is 5.80. The lowest BCUT2D eigenvalue weighted by atomic mass is 9.99. The molecule has 1 fully saturated rings. The van der Waals surface area contributed by atoms with E-state index in [0.29, 0.717) is 11.7 Å². The van der Waals surface area contributed by atoms with Gasteiger partial charge in [-0.25, -0.2) is 0 Å². The second kappa shape index (κ2) is 6.67. The van der Waals surface area contributed by atoms with E-state index in [4.69, 9.17) is 5.84 Å². The lowest BCUT2D eigenvalue weighted by Gasteiger charge is -2.35. The molecule has 0 aromatic heterocycles. The zero-order valence-corrected chi connectivity index (χ0v) is 11.8.